The molecule has 204 valence electrons. The zero-order chi connectivity index (χ0) is 27.5. The predicted molar refractivity (Wildman–Crippen MR) is 143 cm³/mol. The Labute approximate surface area is 227 Å². The van der Waals surface area contributed by atoms with Gasteiger partial charge in [-0.25, -0.2) is 14.6 Å². The third-order valence-corrected chi connectivity index (χ3v) is 7.97. The number of fused-ring (bicyclic) bond motifs is 1. The number of hydrogen-bond acceptors (Lipinski definition) is 8. The Morgan fingerprint density at radius 3 is 2.46 bits per heavy atom. The lowest BCUT2D eigenvalue weighted by atomic mass is 10.0. The largest absolute Gasteiger partial charge is 0.483 e. The van der Waals surface area contributed by atoms with Crippen LogP contribution in [0.5, 0.6) is 0 Å². The lowest BCUT2D eigenvalue weighted by Crippen LogP contribution is -2.37. The highest BCUT2D eigenvalue weighted by Crippen LogP contribution is 2.44. The standard InChI is InChI=1S/C27H27N3O4S.CF2O/c1-16-13-19(26(31)32)14-22-23(16)28-27(35-22)30-11-9-20(10-12-30)33-15-21-24(17-5-3-2-4-6-17)29-34-25(21)18-7-8-18;2-1(3)4/h2-6,13-14,18,20H,7-12,15H2,1H3,(H,31,32);. The highest BCUT2D eigenvalue weighted by Gasteiger charge is 2.33. The molecule has 2 aliphatic rings. The van der Waals surface area contributed by atoms with Gasteiger partial charge in [0, 0.05) is 30.1 Å². The number of carbonyl (C=O) groups excluding carboxylic acids is 1. The Hall–Kier alpha value is -3.70. The van der Waals surface area contributed by atoms with Gasteiger partial charge in [0.1, 0.15) is 11.5 Å². The molecule has 0 unspecified atom stereocenters. The average Bonchev–Trinajstić information content (AvgIpc) is 3.52. The fourth-order valence-electron chi connectivity index (χ4n) is 4.81. The summed E-state index contributed by atoms with van der Waals surface area (Å²) in [7, 11) is 0. The van der Waals surface area contributed by atoms with Crippen LogP contribution in [-0.4, -0.2) is 46.7 Å². The van der Waals surface area contributed by atoms with Gasteiger partial charge >= 0.3 is 12.3 Å². The molecule has 1 N–H and O–H groups in total. The molecule has 2 aromatic heterocycles. The van der Waals surface area contributed by atoms with E-state index in [-0.39, 0.29) is 6.10 Å². The summed E-state index contributed by atoms with van der Waals surface area (Å²) in [5.41, 5.74) is 5.16. The first-order valence-electron chi connectivity index (χ1n) is 12.7. The van der Waals surface area contributed by atoms with Crippen molar-refractivity contribution in [2.75, 3.05) is 18.0 Å². The molecule has 0 amide bonds. The van der Waals surface area contributed by atoms with E-state index < -0.39 is 12.3 Å². The first-order chi connectivity index (χ1) is 18.8. The number of carboxylic acids is 1. The summed E-state index contributed by atoms with van der Waals surface area (Å²) >= 11 is 1.56. The van der Waals surface area contributed by atoms with E-state index in [0.717, 1.165) is 82.3 Å². The van der Waals surface area contributed by atoms with Crippen molar-refractivity contribution in [3.8, 4) is 11.3 Å². The van der Waals surface area contributed by atoms with Gasteiger partial charge in [0.2, 0.25) is 0 Å². The number of aromatic nitrogens is 2. The maximum absolute atomic E-state index is 11.4. The summed E-state index contributed by atoms with van der Waals surface area (Å²) in [6.07, 6.45) is 1.49. The number of halogens is 2. The van der Waals surface area contributed by atoms with Crippen molar-refractivity contribution in [2.45, 2.75) is 51.2 Å². The SMILES string of the molecule is Cc1cc(C(=O)O)cc2sc(N3CCC(OCc4c(-c5ccccc5)noc4C4CC4)CC3)nc12.O=C(F)F. The molecule has 3 heterocycles. The third kappa shape index (κ3) is 6.31. The highest BCUT2D eigenvalue weighted by atomic mass is 32.1. The molecule has 1 saturated carbocycles. The molecule has 0 spiro atoms. The number of carboxylic acid groups (broad SMARTS) is 1. The van der Waals surface area contributed by atoms with Crippen LogP contribution < -0.4 is 4.90 Å². The van der Waals surface area contributed by atoms with Gasteiger partial charge in [-0.05, 0) is 50.3 Å². The number of thiazole rings is 1. The second kappa shape index (κ2) is 11.6. The number of carbonyl (C=O) groups is 2. The molecule has 1 aliphatic carbocycles. The third-order valence-electron chi connectivity index (χ3n) is 6.91. The Bertz CT molecular complexity index is 1470. The average molecular weight is 556 g/mol. The first-order valence-corrected chi connectivity index (χ1v) is 13.5. The van der Waals surface area contributed by atoms with E-state index in [0.29, 0.717) is 18.1 Å². The lowest BCUT2D eigenvalue weighted by molar-refractivity contribution is 0.0246. The number of benzene rings is 2. The van der Waals surface area contributed by atoms with Crippen LogP contribution in [0.3, 0.4) is 0 Å². The topological polar surface area (TPSA) is 106 Å². The lowest BCUT2D eigenvalue weighted by Gasteiger charge is -2.31. The molecule has 0 atom stereocenters. The van der Waals surface area contributed by atoms with Crippen LogP contribution in [0.2, 0.25) is 0 Å². The summed E-state index contributed by atoms with van der Waals surface area (Å²) < 4.78 is 32.5. The smallest absolute Gasteiger partial charge is 0.478 e. The summed E-state index contributed by atoms with van der Waals surface area (Å²) in [6, 6.07) is 13.6. The van der Waals surface area contributed by atoms with E-state index in [4.69, 9.17) is 19.0 Å². The fraction of sp³-hybridized carbons (Fsp3) is 0.357. The number of anilines is 1. The quantitative estimate of drug-likeness (QED) is 0.242. The molecule has 2 fully saturated rings. The van der Waals surface area contributed by atoms with Crippen molar-refractivity contribution in [2.24, 2.45) is 0 Å². The molecule has 1 saturated heterocycles. The van der Waals surface area contributed by atoms with Crippen LogP contribution in [0.1, 0.15) is 58.8 Å². The Morgan fingerprint density at radius 1 is 1.13 bits per heavy atom. The molecular weight excluding hydrogens is 528 g/mol. The van der Waals surface area contributed by atoms with Crippen LogP contribution in [0.4, 0.5) is 18.7 Å². The minimum Gasteiger partial charge on any atom is -0.478 e. The Morgan fingerprint density at radius 2 is 1.82 bits per heavy atom. The Balaban J connectivity index is 0.000000723. The summed E-state index contributed by atoms with van der Waals surface area (Å²) in [5.74, 6) is 0.562. The number of piperidine rings is 1. The molecule has 39 heavy (non-hydrogen) atoms. The normalized spacial score (nSPS) is 15.7. The number of rotatable bonds is 7. The van der Waals surface area contributed by atoms with E-state index in [9.17, 15) is 18.7 Å². The van der Waals surface area contributed by atoms with Gasteiger partial charge in [-0.1, -0.05) is 46.8 Å². The minimum absolute atomic E-state index is 0.173. The van der Waals surface area contributed by atoms with E-state index in [1.165, 1.54) is 0 Å². The monoisotopic (exact) mass is 555 g/mol. The minimum atomic E-state index is -2.83. The van der Waals surface area contributed by atoms with Crippen LogP contribution >= 0.6 is 11.3 Å². The second-order valence-corrected chi connectivity index (χ2v) is 10.7. The van der Waals surface area contributed by atoms with Crippen LogP contribution in [-0.2, 0) is 11.3 Å². The molecule has 0 bridgehead atoms. The van der Waals surface area contributed by atoms with E-state index in [2.05, 4.69) is 22.2 Å². The molecule has 11 heteroatoms. The molecule has 2 aromatic carbocycles. The first kappa shape index (κ1) is 26.9. The predicted octanol–water partition coefficient (Wildman–Crippen LogP) is 7.07. The van der Waals surface area contributed by atoms with Gasteiger partial charge < -0.3 is 19.3 Å². The number of nitrogens with zero attached hydrogens (tertiary/aromatic N) is 3. The number of aryl methyl sites for hydroxylation is 1. The van der Waals surface area contributed by atoms with Crippen molar-refractivity contribution >= 4 is 38.9 Å². The number of ether oxygens (including phenoxy) is 1. The molecular formula is C28H27F2N3O5S. The van der Waals surface area contributed by atoms with E-state index in [1.807, 2.05) is 25.1 Å². The zero-order valence-corrected chi connectivity index (χ0v) is 22.0. The number of aromatic carboxylic acids is 1. The van der Waals surface area contributed by atoms with Crippen LogP contribution in [0.15, 0.2) is 47.0 Å². The van der Waals surface area contributed by atoms with Gasteiger partial charge in [-0.15, -0.1) is 8.78 Å². The molecule has 4 aromatic rings. The van der Waals surface area contributed by atoms with Crippen LogP contribution in [0.25, 0.3) is 21.5 Å². The summed E-state index contributed by atoms with van der Waals surface area (Å²) in [4.78, 5) is 26.6. The Kier molecular flexibility index (Phi) is 7.99. The summed E-state index contributed by atoms with van der Waals surface area (Å²) in [5, 5.41) is 14.7. The van der Waals surface area contributed by atoms with Gasteiger partial charge in [-0.3, -0.25) is 0 Å². The van der Waals surface area contributed by atoms with Crippen molar-refractivity contribution in [1.29, 1.82) is 0 Å². The van der Waals surface area contributed by atoms with Crippen molar-refractivity contribution in [1.82, 2.24) is 10.1 Å². The zero-order valence-electron chi connectivity index (χ0n) is 21.2. The molecule has 6 rings (SSSR count). The van der Waals surface area contributed by atoms with Gasteiger partial charge in [0.25, 0.3) is 0 Å². The van der Waals surface area contributed by atoms with Gasteiger partial charge in [0.15, 0.2) is 5.13 Å². The van der Waals surface area contributed by atoms with Crippen molar-refractivity contribution in [3.05, 3.63) is 64.9 Å². The summed E-state index contributed by atoms with van der Waals surface area (Å²) in [6.45, 7) is 4.16. The van der Waals surface area contributed by atoms with Crippen molar-refractivity contribution < 1.29 is 32.7 Å². The molecule has 8 nitrogen and oxygen atoms in total. The van der Waals surface area contributed by atoms with Crippen molar-refractivity contribution in [3.63, 3.8) is 0 Å². The number of hydrogen-bond donors (Lipinski definition) is 1. The van der Waals surface area contributed by atoms with Gasteiger partial charge in [0.05, 0.1) is 28.5 Å². The maximum Gasteiger partial charge on any atom is 0.483 e. The maximum atomic E-state index is 11.4. The second-order valence-electron chi connectivity index (χ2n) is 9.68. The van der Waals surface area contributed by atoms with E-state index >= 15 is 0 Å². The molecule has 0 radical (unpaired) electrons. The van der Waals surface area contributed by atoms with Gasteiger partial charge in [-0.2, -0.15) is 0 Å². The van der Waals surface area contributed by atoms with E-state index in [1.54, 1.807) is 23.5 Å². The molecule has 1 aliphatic heterocycles. The van der Waals surface area contributed by atoms with Crippen LogP contribution in [0, 0.1) is 6.92 Å². The highest BCUT2D eigenvalue weighted by molar-refractivity contribution is 7.22. The fourth-order valence-corrected chi connectivity index (χ4v) is 5.94.